The summed E-state index contributed by atoms with van der Waals surface area (Å²) in [7, 11) is 1.37. The molecular formula is C30H20Br2N2O8. The maximum Gasteiger partial charge on any atom is 0.260 e. The van der Waals surface area contributed by atoms with Gasteiger partial charge < -0.3 is 25.6 Å². The van der Waals surface area contributed by atoms with Gasteiger partial charge in [0.05, 0.1) is 30.7 Å². The molecule has 2 aromatic rings. The Hall–Kier alpha value is -4.29. The predicted molar refractivity (Wildman–Crippen MR) is 166 cm³/mol. The molecule has 4 aliphatic rings. The van der Waals surface area contributed by atoms with E-state index in [1.165, 1.54) is 7.05 Å². The van der Waals surface area contributed by atoms with Gasteiger partial charge in [0.1, 0.15) is 28.4 Å². The van der Waals surface area contributed by atoms with Crippen LogP contribution in [0.5, 0.6) is 5.75 Å². The van der Waals surface area contributed by atoms with E-state index in [9.17, 15) is 39.3 Å². The standard InChI is InChI=1S/C30H20Br2N2O8/c1-3-4-5-6-10-9-12-13(29(42)34-10)24(37)18-11(19(12)31)7-8-30(18)27(40)16-17(28(30)41)23(36)15-14(22(16)35)25(38)20(32)21(33-2)26(15)39/h3-6,9,33,37,40-41H,7-8H2,1-2H3,(H,34,42)/b4-3+,6-5+/t30-/m1/s1. The highest BCUT2D eigenvalue weighted by molar-refractivity contribution is 9.11. The van der Waals surface area contributed by atoms with Crippen molar-refractivity contribution in [1.29, 1.82) is 0 Å². The molecule has 1 aromatic heterocycles. The number of aromatic hydroxyl groups is 1. The van der Waals surface area contributed by atoms with E-state index in [0.717, 1.165) is 0 Å². The highest BCUT2D eigenvalue weighted by atomic mass is 79.9. The van der Waals surface area contributed by atoms with E-state index in [1.54, 1.807) is 24.3 Å². The Kier molecular flexibility index (Phi) is 6.21. The molecule has 0 fully saturated rings. The summed E-state index contributed by atoms with van der Waals surface area (Å²) in [6.45, 7) is 1.84. The lowest BCUT2D eigenvalue weighted by molar-refractivity contribution is 0.362. The monoisotopic (exact) mass is 694 g/mol. The average molecular weight is 696 g/mol. The van der Waals surface area contributed by atoms with Crippen molar-refractivity contribution in [2.24, 2.45) is 0 Å². The van der Waals surface area contributed by atoms with Gasteiger partial charge in [-0.05, 0) is 69.3 Å². The lowest BCUT2D eigenvalue weighted by atomic mass is 9.78. The highest BCUT2D eigenvalue weighted by Crippen LogP contribution is 2.56. The van der Waals surface area contributed by atoms with Gasteiger partial charge in [-0.1, -0.05) is 18.2 Å². The molecule has 6 rings (SSSR count). The quantitative estimate of drug-likeness (QED) is 0.200. The minimum absolute atomic E-state index is 0.0552. The van der Waals surface area contributed by atoms with E-state index in [1.807, 2.05) is 13.0 Å². The minimum Gasteiger partial charge on any atom is -0.510 e. The van der Waals surface area contributed by atoms with Gasteiger partial charge in [0.15, 0.2) is 0 Å². The van der Waals surface area contributed by atoms with Crippen LogP contribution in [-0.2, 0) is 11.8 Å². The molecule has 0 bridgehead atoms. The van der Waals surface area contributed by atoms with Crippen molar-refractivity contribution in [3.8, 4) is 5.75 Å². The zero-order valence-corrected chi connectivity index (χ0v) is 25.1. The number of rotatable bonds is 3. The number of allylic oxidation sites excluding steroid dienone is 3. The molecule has 1 heterocycles. The van der Waals surface area contributed by atoms with Gasteiger partial charge in [0.2, 0.25) is 21.7 Å². The summed E-state index contributed by atoms with van der Waals surface area (Å²) in [5.41, 5.74) is -6.07. The molecule has 212 valence electrons. The second kappa shape index (κ2) is 9.36. The van der Waals surface area contributed by atoms with E-state index in [4.69, 9.17) is 0 Å². The van der Waals surface area contributed by atoms with Gasteiger partial charge in [-0.2, -0.15) is 0 Å². The summed E-state index contributed by atoms with van der Waals surface area (Å²) in [5.74, 6) is -2.04. The summed E-state index contributed by atoms with van der Waals surface area (Å²) < 4.78 is 0.171. The zero-order valence-electron chi connectivity index (χ0n) is 21.9. The van der Waals surface area contributed by atoms with Crippen LogP contribution in [0.15, 0.2) is 57.2 Å². The summed E-state index contributed by atoms with van der Waals surface area (Å²) in [6.07, 6.45) is 7.07. The number of aromatic amines is 1. The van der Waals surface area contributed by atoms with Crippen LogP contribution in [0.3, 0.4) is 0 Å². The Bertz CT molecular complexity index is 2470. The molecule has 5 N–H and O–H groups in total. The Morgan fingerprint density at radius 2 is 1.50 bits per heavy atom. The lowest BCUT2D eigenvalue weighted by Gasteiger charge is -2.27. The Morgan fingerprint density at radius 1 is 0.881 bits per heavy atom. The van der Waals surface area contributed by atoms with Crippen molar-refractivity contribution in [2.45, 2.75) is 25.2 Å². The molecular weight excluding hydrogens is 676 g/mol. The summed E-state index contributed by atoms with van der Waals surface area (Å²) >= 11 is 6.54. The van der Waals surface area contributed by atoms with Crippen molar-refractivity contribution in [2.75, 3.05) is 12.4 Å². The number of nitrogens with one attached hydrogen (secondary N) is 2. The van der Waals surface area contributed by atoms with Crippen LogP contribution in [0.2, 0.25) is 0 Å². The van der Waals surface area contributed by atoms with Crippen LogP contribution in [0, 0.1) is 10.4 Å². The summed E-state index contributed by atoms with van der Waals surface area (Å²) in [4.78, 5) is 69.6. The zero-order chi connectivity index (χ0) is 30.4. The van der Waals surface area contributed by atoms with Gasteiger partial charge in [-0.3, -0.25) is 24.0 Å². The van der Waals surface area contributed by atoms with Crippen LogP contribution >= 0.6 is 31.9 Å². The summed E-state index contributed by atoms with van der Waals surface area (Å²) in [6, 6.07) is 1.66. The molecule has 0 aliphatic heterocycles. The number of hydrogen-bond acceptors (Lipinski definition) is 9. The molecule has 0 saturated carbocycles. The van der Waals surface area contributed by atoms with Crippen molar-refractivity contribution < 1.29 is 15.3 Å². The molecule has 12 heteroatoms. The van der Waals surface area contributed by atoms with E-state index in [2.05, 4.69) is 42.2 Å². The van der Waals surface area contributed by atoms with Gasteiger partial charge in [-0.25, -0.2) is 0 Å². The molecule has 42 heavy (non-hydrogen) atoms. The van der Waals surface area contributed by atoms with Gasteiger partial charge in [0, 0.05) is 28.2 Å². The van der Waals surface area contributed by atoms with Gasteiger partial charge in [-0.15, -0.1) is 0 Å². The fourth-order valence-corrected chi connectivity index (χ4v) is 7.58. The first kappa shape index (κ1) is 27.9. The molecule has 0 unspecified atom stereocenters. The van der Waals surface area contributed by atoms with Crippen molar-refractivity contribution >= 4 is 65.9 Å². The van der Waals surface area contributed by atoms with E-state index in [0.29, 0.717) is 21.1 Å². The number of benzene rings is 1. The highest BCUT2D eigenvalue weighted by Gasteiger charge is 2.53. The molecule has 10 nitrogen and oxygen atoms in total. The molecule has 0 amide bonds. The molecule has 1 spiro atoms. The maximum atomic E-state index is 13.7. The second-order valence-electron chi connectivity index (χ2n) is 10.1. The third kappa shape index (κ3) is 3.27. The second-order valence-corrected chi connectivity index (χ2v) is 11.7. The number of aliphatic hydroxyl groups excluding tert-OH is 2. The molecule has 0 saturated heterocycles. The maximum absolute atomic E-state index is 13.7. The number of anilines is 1. The molecule has 1 aromatic carbocycles. The molecule has 0 radical (unpaired) electrons. The number of fused-ring (bicyclic) bond motifs is 4. The first-order valence-electron chi connectivity index (χ1n) is 12.7. The number of hydrogen-bond donors (Lipinski definition) is 5. The molecule has 1 atom stereocenters. The number of halogens is 2. The first-order chi connectivity index (χ1) is 19.9. The van der Waals surface area contributed by atoms with Gasteiger partial charge >= 0.3 is 0 Å². The predicted octanol–water partition coefficient (Wildman–Crippen LogP) is 1.66. The van der Waals surface area contributed by atoms with Crippen molar-refractivity contribution in [3.63, 3.8) is 0 Å². The van der Waals surface area contributed by atoms with E-state index < -0.39 is 70.8 Å². The fraction of sp³-hybridized carbons (Fsp3) is 0.167. The van der Waals surface area contributed by atoms with Crippen LogP contribution in [-0.4, -0.2) is 27.4 Å². The lowest BCUT2D eigenvalue weighted by Crippen LogP contribution is -2.52. The number of aromatic nitrogens is 1. The number of phenolic OH excluding ortho intramolecular Hbond substituents is 1. The van der Waals surface area contributed by atoms with Crippen LogP contribution in [0.25, 0.3) is 28.4 Å². The smallest absolute Gasteiger partial charge is 0.260 e. The van der Waals surface area contributed by atoms with Crippen LogP contribution < -0.4 is 43.0 Å². The summed E-state index contributed by atoms with van der Waals surface area (Å²) in [5, 5.41) is 34.9. The minimum atomic E-state index is -1.97. The third-order valence-electron chi connectivity index (χ3n) is 8.13. The third-order valence-corrected chi connectivity index (χ3v) is 9.79. The first-order valence-corrected chi connectivity index (χ1v) is 14.3. The Balaban J connectivity index is 1.79. The number of aliphatic hydroxyl groups is 2. The number of phenols is 1. The number of pyridine rings is 1. The van der Waals surface area contributed by atoms with Gasteiger partial charge in [0.25, 0.3) is 5.56 Å². The molecule has 4 aliphatic carbocycles. The van der Waals surface area contributed by atoms with E-state index in [-0.39, 0.29) is 34.0 Å². The number of H-pyrrole nitrogens is 1. The van der Waals surface area contributed by atoms with Crippen LogP contribution in [0.1, 0.15) is 30.2 Å². The normalized spacial score (nSPS) is 17.9. The van der Waals surface area contributed by atoms with Crippen molar-refractivity contribution in [3.05, 3.63) is 122 Å². The van der Waals surface area contributed by atoms with Crippen molar-refractivity contribution in [1.82, 2.24) is 4.98 Å². The van der Waals surface area contributed by atoms with Crippen LogP contribution in [0.4, 0.5) is 5.69 Å². The average Bonchev–Trinajstić information content (AvgIpc) is 3.46. The Labute approximate surface area is 250 Å². The fourth-order valence-electron chi connectivity index (χ4n) is 6.29. The topological polar surface area (TPSA) is 174 Å². The Morgan fingerprint density at radius 3 is 2.10 bits per heavy atom. The largest absolute Gasteiger partial charge is 0.510 e. The van der Waals surface area contributed by atoms with E-state index >= 15 is 0 Å². The SMILES string of the molecule is C/C=C/C=C/c1cc2c(Br)c3c(c(O)c2c(=O)[nH]1)[C@]1(CC3)C(O)=c2c(=O)c3c(=O)c(Br)c(NC)c(=O)c=3c(=O)c2=C1O.